The van der Waals surface area contributed by atoms with E-state index in [0.29, 0.717) is 19.3 Å². The minimum atomic E-state index is -0.795. The van der Waals surface area contributed by atoms with Gasteiger partial charge in [0.2, 0.25) is 0 Å². The number of ether oxygens (including phenoxy) is 3. The van der Waals surface area contributed by atoms with E-state index in [2.05, 4.69) is 142 Å². The van der Waals surface area contributed by atoms with Gasteiger partial charge in [0.05, 0.1) is 0 Å². The van der Waals surface area contributed by atoms with Crippen LogP contribution in [-0.2, 0) is 28.6 Å². The first-order valence-corrected chi connectivity index (χ1v) is 33.5. The fourth-order valence-electron chi connectivity index (χ4n) is 9.24. The number of rotatable bonds is 60. The molecule has 0 amide bonds. The van der Waals surface area contributed by atoms with Crippen LogP contribution in [-0.4, -0.2) is 37.2 Å². The second-order valence-electron chi connectivity index (χ2n) is 22.0. The van der Waals surface area contributed by atoms with Gasteiger partial charge in [-0.3, -0.25) is 14.4 Å². The summed E-state index contributed by atoms with van der Waals surface area (Å²) in [7, 11) is 0. The van der Waals surface area contributed by atoms with Crippen molar-refractivity contribution in [1.29, 1.82) is 0 Å². The van der Waals surface area contributed by atoms with Crippen molar-refractivity contribution in [2.75, 3.05) is 13.2 Å². The molecule has 0 saturated heterocycles. The molecule has 0 spiro atoms. The Morgan fingerprint density at radius 3 is 0.762 bits per heavy atom. The highest BCUT2D eigenvalue weighted by molar-refractivity contribution is 5.71. The van der Waals surface area contributed by atoms with Crippen LogP contribution in [0.15, 0.2) is 122 Å². The molecule has 1 unspecified atom stereocenters. The zero-order chi connectivity index (χ0) is 57.8. The lowest BCUT2D eigenvalue weighted by atomic mass is 10.0. The minimum absolute atomic E-state index is 0.0888. The van der Waals surface area contributed by atoms with E-state index in [4.69, 9.17) is 14.2 Å². The largest absolute Gasteiger partial charge is 0.462 e. The quantitative estimate of drug-likeness (QED) is 0.0261. The predicted molar refractivity (Wildman–Crippen MR) is 348 cm³/mol. The van der Waals surface area contributed by atoms with E-state index in [9.17, 15) is 14.4 Å². The van der Waals surface area contributed by atoms with Crippen molar-refractivity contribution in [2.24, 2.45) is 0 Å². The van der Waals surface area contributed by atoms with Gasteiger partial charge >= 0.3 is 17.9 Å². The van der Waals surface area contributed by atoms with Crippen molar-refractivity contribution in [3.8, 4) is 0 Å². The second-order valence-corrected chi connectivity index (χ2v) is 22.0. The van der Waals surface area contributed by atoms with Gasteiger partial charge in [-0.05, 0) is 96.3 Å². The summed E-state index contributed by atoms with van der Waals surface area (Å²) in [5.41, 5.74) is 0. The third-order valence-electron chi connectivity index (χ3n) is 14.2. The number of unbranched alkanes of at least 4 members (excludes halogenated alkanes) is 29. The molecule has 0 fully saturated rings. The van der Waals surface area contributed by atoms with Crippen LogP contribution in [0.1, 0.15) is 310 Å². The molecule has 0 N–H and O–H groups in total. The van der Waals surface area contributed by atoms with Crippen molar-refractivity contribution < 1.29 is 28.6 Å². The molecule has 0 bridgehead atoms. The lowest BCUT2D eigenvalue weighted by Crippen LogP contribution is -2.30. The summed E-state index contributed by atoms with van der Waals surface area (Å²) in [6.07, 6.45) is 93.6. The van der Waals surface area contributed by atoms with Gasteiger partial charge in [0, 0.05) is 19.3 Å². The van der Waals surface area contributed by atoms with Gasteiger partial charge in [-0.15, -0.1) is 0 Å². The van der Waals surface area contributed by atoms with Gasteiger partial charge in [-0.25, -0.2) is 0 Å². The number of hydrogen-bond donors (Lipinski definition) is 0. The molecule has 0 radical (unpaired) electrons. The number of hydrogen-bond acceptors (Lipinski definition) is 6. The molecule has 0 aliphatic rings. The van der Waals surface area contributed by atoms with E-state index in [1.165, 1.54) is 148 Å². The Labute approximate surface area is 494 Å². The summed E-state index contributed by atoms with van der Waals surface area (Å²) in [5.74, 6) is -0.924. The Bertz CT molecular complexity index is 1650. The van der Waals surface area contributed by atoms with Crippen LogP contribution in [0.5, 0.6) is 0 Å². The molecule has 6 heteroatoms. The fourth-order valence-corrected chi connectivity index (χ4v) is 9.24. The summed E-state index contributed by atoms with van der Waals surface area (Å²) in [4.78, 5) is 38.3. The average molecular weight is 1110 g/mol. The summed E-state index contributed by atoms with van der Waals surface area (Å²) in [5, 5.41) is 0. The van der Waals surface area contributed by atoms with Gasteiger partial charge in [-0.2, -0.15) is 0 Å². The summed E-state index contributed by atoms with van der Waals surface area (Å²) >= 11 is 0. The topological polar surface area (TPSA) is 78.9 Å². The van der Waals surface area contributed by atoms with E-state index >= 15 is 0 Å². The van der Waals surface area contributed by atoms with Crippen LogP contribution in [0.3, 0.4) is 0 Å². The van der Waals surface area contributed by atoms with Gasteiger partial charge < -0.3 is 14.2 Å². The molecule has 0 aromatic heterocycles. The number of carbonyl (C=O) groups is 3. The summed E-state index contributed by atoms with van der Waals surface area (Å²) in [6.45, 7) is 6.52. The molecule has 80 heavy (non-hydrogen) atoms. The predicted octanol–water partition coefficient (Wildman–Crippen LogP) is 23.2. The van der Waals surface area contributed by atoms with Crippen LogP contribution in [0.2, 0.25) is 0 Å². The monoisotopic (exact) mass is 1110 g/mol. The van der Waals surface area contributed by atoms with Gasteiger partial charge in [0.1, 0.15) is 13.2 Å². The van der Waals surface area contributed by atoms with Crippen LogP contribution < -0.4 is 0 Å². The third-order valence-corrected chi connectivity index (χ3v) is 14.2. The number of carbonyl (C=O) groups excluding carboxylic acids is 3. The molecule has 0 rings (SSSR count). The van der Waals surface area contributed by atoms with E-state index in [-0.39, 0.29) is 31.1 Å². The molecule has 0 aliphatic carbocycles. The maximum atomic E-state index is 12.9. The smallest absolute Gasteiger partial charge is 0.306 e. The first-order valence-electron chi connectivity index (χ1n) is 33.5. The van der Waals surface area contributed by atoms with Crippen molar-refractivity contribution in [2.45, 2.75) is 316 Å². The van der Waals surface area contributed by atoms with Crippen LogP contribution in [0.25, 0.3) is 0 Å². The zero-order valence-corrected chi connectivity index (χ0v) is 52.3. The molecule has 1 atom stereocenters. The van der Waals surface area contributed by atoms with Crippen molar-refractivity contribution in [3.05, 3.63) is 122 Å². The normalized spacial score (nSPS) is 12.9. The highest BCUT2D eigenvalue weighted by atomic mass is 16.6. The molecule has 456 valence electrons. The molecule has 0 saturated carbocycles. The van der Waals surface area contributed by atoms with Gasteiger partial charge in [0.15, 0.2) is 6.10 Å². The highest BCUT2D eigenvalue weighted by Gasteiger charge is 2.19. The number of allylic oxidation sites excluding steroid dienone is 20. The maximum Gasteiger partial charge on any atom is 0.306 e. The third kappa shape index (κ3) is 64.6. The van der Waals surface area contributed by atoms with E-state index < -0.39 is 6.10 Å². The molecule has 0 aromatic carbocycles. The summed E-state index contributed by atoms with van der Waals surface area (Å²) < 4.78 is 16.9. The standard InChI is InChI=1S/C74H124O6/c1-4-7-10-13-16-19-22-25-27-29-30-31-32-33-34-35-36-37-38-39-40-41-42-43-44-45-47-49-52-55-58-61-64-67-73(76)79-70-71(69-78-72(75)66-63-60-57-54-51-48-24-21-18-15-12-9-6-3)80-74(77)68-65-62-59-56-53-50-46-28-26-23-20-17-14-11-8-5-2/h7,10,16,19,25,27,30-31,33-34,36-37,39-40,42-43,45,47,52,55,71H,4-6,8-9,11-15,17-18,20-24,26,28-29,32,35,38,41,44,46,48-51,53-54,56-70H2,1-3H3/b10-7-,19-16-,27-25-,31-30-,34-33-,37-36-,40-39-,43-42-,47-45-,55-52-. The lowest BCUT2D eigenvalue weighted by molar-refractivity contribution is -0.167. The Morgan fingerprint density at radius 1 is 0.263 bits per heavy atom. The van der Waals surface area contributed by atoms with E-state index in [0.717, 1.165) is 122 Å². The van der Waals surface area contributed by atoms with Crippen LogP contribution >= 0.6 is 0 Å². The number of esters is 3. The zero-order valence-electron chi connectivity index (χ0n) is 52.3. The average Bonchev–Trinajstić information content (AvgIpc) is 3.46. The molecule has 0 aliphatic heterocycles. The van der Waals surface area contributed by atoms with Crippen LogP contribution in [0.4, 0.5) is 0 Å². The first kappa shape index (κ1) is 75.8. The Hall–Kier alpha value is -4.19. The maximum absolute atomic E-state index is 12.9. The van der Waals surface area contributed by atoms with Crippen LogP contribution in [0, 0.1) is 0 Å². The Kier molecular flexibility index (Phi) is 63.8. The molecular weight excluding hydrogens is 985 g/mol. The van der Waals surface area contributed by atoms with Crippen molar-refractivity contribution >= 4 is 17.9 Å². The second kappa shape index (κ2) is 67.3. The van der Waals surface area contributed by atoms with Gasteiger partial charge in [-0.1, -0.05) is 316 Å². The van der Waals surface area contributed by atoms with E-state index in [1.807, 2.05) is 0 Å². The SMILES string of the molecule is CC/C=C\C/C=C\C/C=C\C/C=C\C/C=C\C/C=C\C/C=C\C/C=C\C/C=C\C/C=C\CCCCC(=O)OCC(COC(=O)CCCCCCCCCCCCCCC)OC(=O)CCCCCCCCCCCCCCCCCC. The van der Waals surface area contributed by atoms with E-state index in [1.54, 1.807) is 0 Å². The fraction of sp³-hybridized carbons (Fsp3) is 0.689. The Balaban J connectivity index is 4.35. The highest BCUT2D eigenvalue weighted by Crippen LogP contribution is 2.17. The first-order chi connectivity index (χ1) is 39.5. The van der Waals surface area contributed by atoms with Crippen molar-refractivity contribution in [1.82, 2.24) is 0 Å². The Morgan fingerprint density at radius 2 is 0.487 bits per heavy atom. The minimum Gasteiger partial charge on any atom is -0.462 e. The molecule has 6 nitrogen and oxygen atoms in total. The molecule has 0 heterocycles. The molecule has 0 aromatic rings. The van der Waals surface area contributed by atoms with Crippen molar-refractivity contribution in [3.63, 3.8) is 0 Å². The molecular formula is C74H124O6. The summed E-state index contributed by atoms with van der Waals surface area (Å²) in [6, 6.07) is 0. The lowest BCUT2D eigenvalue weighted by Gasteiger charge is -2.18. The van der Waals surface area contributed by atoms with Gasteiger partial charge in [0.25, 0.3) is 0 Å².